The molecule has 0 aliphatic heterocycles. The van der Waals surface area contributed by atoms with E-state index in [-0.39, 0.29) is 5.03 Å². The van der Waals surface area contributed by atoms with Gasteiger partial charge in [0.1, 0.15) is 6.33 Å². The highest BCUT2D eigenvalue weighted by Crippen LogP contribution is 2.28. The lowest BCUT2D eigenvalue weighted by molar-refractivity contribution is 0.186. The molecule has 2 rings (SSSR count). The summed E-state index contributed by atoms with van der Waals surface area (Å²) in [5, 5.41) is 1.93. The fraction of sp³-hybridized carbons (Fsp3) is 0.333. The van der Waals surface area contributed by atoms with Gasteiger partial charge in [0.05, 0.1) is 16.8 Å². The van der Waals surface area contributed by atoms with Crippen LogP contribution in [0.15, 0.2) is 16.7 Å². The fourth-order valence-electron chi connectivity index (χ4n) is 1.40. The minimum absolute atomic E-state index is 0.0878. The Kier molecular flexibility index (Phi) is 2.92. The summed E-state index contributed by atoms with van der Waals surface area (Å²) in [7, 11) is -1.73. The van der Waals surface area contributed by atoms with Gasteiger partial charge in [-0.2, -0.15) is 0 Å². The van der Waals surface area contributed by atoms with Crippen LogP contribution in [0, 0.1) is 0 Å². The topological polar surface area (TPSA) is 69.2 Å². The Morgan fingerprint density at radius 3 is 2.81 bits per heavy atom. The van der Waals surface area contributed by atoms with Crippen LogP contribution < -0.4 is 0 Å². The van der Waals surface area contributed by atoms with Crippen molar-refractivity contribution < 1.29 is 13.2 Å². The number of fused-ring (bicyclic) bond motifs is 1. The van der Waals surface area contributed by atoms with E-state index in [2.05, 4.69) is 9.97 Å². The third-order valence-electron chi connectivity index (χ3n) is 2.05. The molecular weight excluding hydrogens is 248 g/mol. The van der Waals surface area contributed by atoms with Crippen molar-refractivity contribution in [2.24, 2.45) is 0 Å². The Balaban J connectivity index is 2.72. The molecule has 0 spiro atoms. The van der Waals surface area contributed by atoms with Gasteiger partial charge in [-0.05, 0) is 5.38 Å². The maximum absolute atomic E-state index is 11.5. The summed E-state index contributed by atoms with van der Waals surface area (Å²) in [5.74, 6) is 0. The quantitative estimate of drug-likeness (QED) is 0.775. The molecule has 16 heavy (non-hydrogen) atoms. The predicted octanol–water partition coefficient (Wildman–Crippen LogP) is 1.24. The summed E-state index contributed by atoms with van der Waals surface area (Å²) in [6, 6.07) is 0. The van der Waals surface area contributed by atoms with Crippen LogP contribution in [-0.4, -0.2) is 31.8 Å². The average Bonchev–Trinajstić information content (AvgIpc) is 2.61. The molecule has 0 unspecified atom stereocenters. The van der Waals surface area contributed by atoms with Crippen molar-refractivity contribution in [2.45, 2.75) is 11.6 Å². The van der Waals surface area contributed by atoms with E-state index in [0.29, 0.717) is 16.8 Å². The van der Waals surface area contributed by atoms with Gasteiger partial charge in [-0.3, -0.25) is 0 Å². The number of hydrogen-bond donors (Lipinski definition) is 0. The number of ether oxygens (including phenoxy) is 1. The molecule has 0 aromatic carbocycles. The monoisotopic (exact) mass is 258 g/mol. The molecule has 86 valence electrons. The molecule has 2 aromatic heterocycles. The summed E-state index contributed by atoms with van der Waals surface area (Å²) < 4.78 is 28.6. The van der Waals surface area contributed by atoms with Crippen molar-refractivity contribution in [3.05, 3.63) is 17.3 Å². The number of sulfone groups is 1. The van der Waals surface area contributed by atoms with E-state index >= 15 is 0 Å². The van der Waals surface area contributed by atoms with E-state index in [1.54, 1.807) is 7.11 Å². The minimum Gasteiger partial charge on any atom is -0.380 e. The first-order valence-corrected chi connectivity index (χ1v) is 7.21. The maximum atomic E-state index is 11.5. The molecule has 0 saturated carbocycles. The molecule has 0 radical (unpaired) electrons. The van der Waals surface area contributed by atoms with E-state index in [9.17, 15) is 8.42 Å². The zero-order chi connectivity index (χ0) is 11.8. The van der Waals surface area contributed by atoms with E-state index in [1.165, 1.54) is 17.7 Å². The average molecular weight is 258 g/mol. The SMILES string of the molecule is COCc1csc2c(S(C)(=O)=O)ncnc12. The van der Waals surface area contributed by atoms with Gasteiger partial charge in [0.25, 0.3) is 0 Å². The van der Waals surface area contributed by atoms with Gasteiger partial charge in [0, 0.05) is 18.9 Å². The van der Waals surface area contributed by atoms with Crippen molar-refractivity contribution in [3.63, 3.8) is 0 Å². The van der Waals surface area contributed by atoms with Crippen LogP contribution in [0.3, 0.4) is 0 Å². The summed E-state index contributed by atoms with van der Waals surface area (Å²) >= 11 is 1.32. The lowest BCUT2D eigenvalue weighted by atomic mass is 10.3. The summed E-state index contributed by atoms with van der Waals surface area (Å²) in [6.07, 6.45) is 2.41. The molecule has 0 atom stereocenters. The molecule has 0 amide bonds. The van der Waals surface area contributed by atoms with E-state index in [1.807, 2.05) is 5.38 Å². The first-order chi connectivity index (χ1) is 7.54. The van der Waals surface area contributed by atoms with Gasteiger partial charge in [-0.1, -0.05) is 0 Å². The van der Waals surface area contributed by atoms with Crippen LogP contribution in [0.1, 0.15) is 5.56 Å². The normalized spacial score (nSPS) is 12.1. The maximum Gasteiger partial charge on any atom is 0.194 e. The molecule has 0 aliphatic carbocycles. The van der Waals surface area contributed by atoms with Gasteiger partial charge < -0.3 is 4.74 Å². The van der Waals surface area contributed by atoms with E-state index in [4.69, 9.17) is 4.74 Å². The number of nitrogens with zero attached hydrogens (tertiary/aromatic N) is 2. The third-order valence-corrected chi connectivity index (χ3v) is 4.21. The summed E-state index contributed by atoms with van der Waals surface area (Å²) in [4.78, 5) is 7.91. The lowest BCUT2D eigenvalue weighted by Gasteiger charge is -1.99. The van der Waals surface area contributed by atoms with Gasteiger partial charge in [0.15, 0.2) is 14.9 Å². The number of thiophene rings is 1. The molecule has 0 aliphatic rings. The van der Waals surface area contributed by atoms with Crippen LogP contribution in [0.2, 0.25) is 0 Å². The number of rotatable bonds is 3. The minimum atomic E-state index is -3.31. The number of methoxy groups -OCH3 is 1. The smallest absolute Gasteiger partial charge is 0.194 e. The van der Waals surface area contributed by atoms with Crippen molar-refractivity contribution in [2.75, 3.05) is 13.4 Å². The standard InChI is InChI=1S/C9H10N2O3S2/c1-14-3-6-4-15-8-7(6)10-5-11-9(8)16(2,12)13/h4-5H,3H2,1-2H3. The van der Waals surface area contributed by atoms with E-state index in [0.717, 1.165) is 11.8 Å². The van der Waals surface area contributed by atoms with Gasteiger partial charge in [-0.25, -0.2) is 18.4 Å². The van der Waals surface area contributed by atoms with Gasteiger partial charge in [-0.15, -0.1) is 11.3 Å². The molecule has 0 fully saturated rings. The van der Waals surface area contributed by atoms with Crippen molar-refractivity contribution in [1.29, 1.82) is 0 Å². The molecule has 2 heterocycles. The summed E-state index contributed by atoms with van der Waals surface area (Å²) in [6.45, 7) is 0.417. The van der Waals surface area contributed by atoms with Crippen molar-refractivity contribution >= 4 is 31.4 Å². The van der Waals surface area contributed by atoms with Crippen LogP contribution >= 0.6 is 11.3 Å². The zero-order valence-corrected chi connectivity index (χ0v) is 10.4. The molecule has 2 aromatic rings. The Morgan fingerprint density at radius 1 is 1.44 bits per heavy atom. The summed E-state index contributed by atoms with van der Waals surface area (Å²) in [5.41, 5.74) is 1.54. The Morgan fingerprint density at radius 2 is 2.19 bits per heavy atom. The van der Waals surface area contributed by atoms with Crippen LogP contribution in [-0.2, 0) is 21.2 Å². The first-order valence-electron chi connectivity index (χ1n) is 4.44. The number of aromatic nitrogens is 2. The van der Waals surface area contributed by atoms with Crippen LogP contribution in [0.4, 0.5) is 0 Å². The zero-order valence-electron chi connectivity index (χ0n) is 8.80. The number of hydrogen-bond acceptors (Lipinski definition) is 6. The second kappa shape index (κ2) is 4.08. The van der Waals surface area contributed by atoms with Crippen molar-refractivity contribution in [3.8, 4) is 0 Å². The largest absolute Gasteiger partial charge is 0.380 e. The highest BCUT2D eigenvalue weighted by atomic mass is 32.2. The second-order valence-corrected chi connectivity index (χ2v) is 6.13. The fourth-order valence-corrected chi connectivity index (χ4v) is 3.56. The lowest BCUT2D eigenvalue weighted by Crippen LogP contribution is -2.01. The Hall–Kier alpha value is -1.05. The molecular formula is C9H10N2O3S2. The first kappa shape index (κ1) is 11.4. The predicted molar refractivity (Wildman–Crippen MR) is 61.2 cm³/mol. The molecule has 0 saturated heterocycles. The van der Waals surface area contributed by atoms with Crippen molar-refractivity contribution in [1.82, 2.24) is 9.97 Å². The van der Waals surface area contributed by atoms with Gasteiger partial charge >= 0.3 is 0 Å². The Bertz CT molecular complexity index is 619. The molecule has 5 nitrogen and oxygen atoms in total. The van der Waals surface area contributed by atoms with E-state index < -0.39 is 9.84 Å². The highest BCUT2D eigenvalue weighted by molar-refractivity contribution is 7.91. The molecule has 0 bridgehead atoms. The Labute approximate surface area is 97.0 Å². The molecule has 0 N–H and O–H groups in total. The van der Waals surface area contributed by atoms with Gasteiger partial charge in [0.2, 0.25) is 0 Å². The second-order valence-electron chi connectivity index (χ2n) is 3.32. The highest BCUT2D eigenvalue weighted by Gasteiger charge is 2.17. The van der Waals surface area contributed by atoms with Crippen LogP contribution in [0.5, 0.6) is 0 Å². The third kappa shape index (κ3) is 1.93. The molecule has 7 heteroatoms. The van der Waals surface area contributed by atoms with Crippen LogP contribution in [0.25, 0.3) is 10.2 Å².